The minimum Gasteiger partial charge on any atom is -0.344 e. The molecule has 0 bridgehead atoms. The molecule has 1 fully saturated rings. The van der Waals surface area contributed by atoms with E-state index in [0.717, 1.165) is 46.4 Å². The molecular formula is C22H22N4O. The molecule has 4 aromatic rings. The first-order valence-electron chi connectivity index (χ1n) is 9.45. The van der Waals surface area contributed by atoms with Crippen molar-refractivity contribution in [2.24, 2.45) is 7.05 Å². The molecule has 0 atom stereocenters. The van der Waals surface area contributed by atoms with E-state index < -0.39 is 0 Å². The fraction of sp³-hybridized carbons (Fsp3) is 0.273. The number of aromatic nitrogens is 4. The molecule has 1 aliphatic carbocycles. The zero-order chi connectivity index (χ0) is 18.5. The van der Waals surface area contributed by atoms with E-state index in [9.17, 15) is 4.79 Å². The Balaban J connectivity index is 1.66. The minimum absolute atomic E-state index is 0.0790. The summed E-state index contributed by atoms with van der Waals surface area (Å²) in [6.07, 6.45) is 5.13. The van der Waals surface area contributed by atoms with Gasteiger partial charge in [0.1, 0.15) is 0 Å². The molecule has 1 saturated carbocycles. The van der Waals surface area contributed by atoms with Gasteiger partial charge in [0.15, 0.2) is 0 Å². The van der Waals surface area contributed by atoms with E-state index in [-0.39, 0.29) is 5.69 Å². The summed E-state index contributed by atoms with van der Waals surface area (Å²) in [6, 6.07) is 15.0. The number of hydrogen-bond acceptors (Lipinski definition) is 2. The molecular weight excluding hydrogens is 336 g/mol. The number of fused-ring (bicyclic) bond motifs is 1. The average Bonchev–Trinajstić information content (AvgIpc) is 3.20. The van der Waals surface area contributed by atoms with Gasteiger partial charge in [-0.05, 0) is 44.4 Å². The number of nitrogens with one attached hydrogen (secondary N) is 1. The van der Waals surface area contributed by atoms with Crippen LogP contribution < -0.4 is 5.69 Å². The Morgan fingerprint density at radius 3 is 2.67 bits per heavy atom. The lowest BCUT2D eigenvalue weighted by Gasteiger charge is -2.26. The molecule has 0 unspecified atom stereocenters. The molecule has 0 saturated heterocycles. The predicted molar refractivity (Wildman–Crippen MR) is 108 cm³/mol. The molecule has 5 heteroatoms. The molecule has 27 heavy (non-hydrogen) atoms. The second-order valence-corrected chi connectivity index (χ2v) is 7.50. The number of rotatable bonds is 3. The second-order valence-electron chi connectivity index (χ2n) is 7.50. The summed E-state index contributed by atoms with van der Waals surface area (Å²) >= 11 is 0. The highest BCUT2D eigenvalue weighted by Crippen LogP contribution is 2.35. The molecule has 0 amide bonds. The molecule has 2 heterocycles. The molecule has 2 aromatic carbocycles. The fourth-order valence-corrected chi connectivity index (χ4v) is 4.04. The standard InChI is InChI=1S/C22H22N4O/c1-14-5-3-6-15(11-14)20-21(24-13-23-20)16-9-10-18-19(12-16)25(2)22(27)26(18)17-7-4-8-17/h3,5-6,9-13,17H,4,7-8H2,1-2H3,(H,23,24). The summed E-state index contributed by atoms with van der Waals surface area (Å²) < 4.78 is 3.73. The van der Waals surface area contributed by atoms with Gasteiger partial charge in [-0.25, -0.2) is 9.78 Å². The maximum atomic E-state index is 12.8. The molecule has 0 radical (unpaired) electrons. The molecule has 5 nitrogen and oxygen atoms in total. The van der Waals surface area contributed by atoms with Gasteiger partial charge in [0.2, 0.25) is 0 Å². The highest BCUT2D eigenvalue weighted by Gasteiger charge is 2.25. The van der Waals surface area contributed by atoms with Crippen molar-refractivity contribution in [2.45, 2.75) is 32.2 Å². The van der Waals surface area contributed by atoms with Crippen LogP contribution in [0.4, 0.5) is 0 Å². The lowest BCUT2D eigenvalue weighted by molar-refractivity contribution is 0.312. The fourth-order valence-electron chi connectivity index (χ4n) is 4.04. The van der Waals surface area contributed by atoms with Crippen LogP contribution in [0.2, 0.25) is 0 Å². The maximum absolute atomic E-state index is 12.8. The number of H-pyrrole nitrogens is 1. The Bertz CT molecular complexity index is 1210. The van der Waals surface area contributed by atoms with Crippen molar-refractivity contribution < 1.29 is 0 Å². The van der Waals surface area contributed by atoms with Gasteiger partial charge in [0.05, 0.1) is 28.7 Å². The number of aromatic amines is 1. The Kier molecular flexibility index (Phi) is 3.57. The van der Waals surface area contributed by atoms with E-state index in [0.29, 0.717) is 6.04 Å². The Morgan fingerprint density at radius 1 is 1.07 bits per heavy atom. The van der Waals surface area contributed by atoms with Crippen LogP contribution in [-0.4, -0.2) is 19.1 Å². The van der Waals surface area contributed by atoms with Crippen molar-refractivity contribution in [3.63, 3.8) is 0 Å². The molecule has 0 spiro atoms. The summed E-state index contributed by atoms with van der Waals surface area (Å²) in [7, 11) is 1.86. The van der Waals surface area contributed by atoms with Gasteiger partial charge in [-0.1, -0.05) is 29.8 Å². The van der Waals surface area contributed by atoms with Crippen molar-refractivity contribution in [3.8, 4) is 22.5 Å². The summed E-state index contributed by atoms with van der Waals surface area (Å²) in [5.41, 5.74) is 7.31. The first-order valence-corrected chi connectivity index (χ1v) is 9.45. The molecule has 136 valence electrons. The monoisotopic (exact) mass is 358 g/mol. The lowest BCUT2D eigenvalue weighted by Crippen LogP contribution is -2.29. The van der Waals surface area contributed by atoms with Gasteiger partial charge in [-0.15, -0.1) is 0 Å². The number of imidazole rings is 2. The highest BCUT2D eigenvalue weighted by atomic mass is 16.1. The SMILES string of the molecule is Cc1cccc(-c2nc[nH]c2-c2ccc3c(c2)n(C)c(=O)n3C2CCC2)c1. The minimum atomic E-state index is 0.0790. The Labute approximate surface area is 157 Å². The van der Waals surface area contributed by atoms with Crippen molar-refractivity contribution in [1.29, 1.82) is 0 Å². The molecule has 0 aliphatic heterocycles. The van der Waals surface area contributed by atoms with Gasteiger partial charge >= 0.3 is 5.69 Å². The normalized spacial score (nSPS) is 14.6. The third-order valence-electron chi connectivity index (χ3n) is 5.75. The van der Waals surface area contributed by atoms with E-state index >= 15 is 0 Å². The first kappa shape index (κ1) is 16.1. The smallest absolute Gasteiger partial charge is 0.329 e. The number of benzene rings is 2. The van der Waals surface area contributed by atoms with Crippen LogP contribution in [-0.2, 0) is 7.05 Å². The Hall–Kier alpha value is -3.08. The van der Waals surface area contributed by atoms with Crippen LogP contribution in [0.25, 0.3) is 33.5 Å². The summed E-state index contributed by atoms with van der Waals surface area (Å²) in [5.74, 6) is 0. The van der Waals surface area contributed by atoms with Crippen molar-refractivity contribution in [1.82, 2.24) is 19.1 Å². The van der Waals surface area contributed by atoms with Gasteiger partial charge < -0.3 is 4.98 Å². The first-order chi connectivity index (χ1) is 13.1. The molecule has 2 aromatic heterocycles. The van der Waals surface area contributed by atoms with Gasteiger partial charge in [0, 0.05) is 24.2 Å². The van der Waals surface area contributed by atoms with Gasteiger partial charge in [-0.2, -0.15) is 0 Å². The quantitative estimate of drug-likeness (QED) is 0.589. The zero-order valence-electron chi connectivity index (χ0n) is 15.6. The van der Waals surface area contributed by atoms with Crippen LogP contribution in [0.15, 0.2) is 53.6 Å². The zero-order valence-corrected chi connectivity index (χ0v) is 15.6. The molecule has 1 N–H and O–H groups in total. The van der Waals surface area contributed by atoms with Crippen LogP contribution in [0.5, 0.6) is 0 Å². The summed E-state index contributed by atoms with van der Waals surface area (Å²) in [5, 5.41) is 0. The average molecular weight is 358 g/mol. The number of nitrogens with zero attached hydrogens (tertiary/aromatic N) is 3. The largest absolute Gasteiger partial charge is 0.344 e. The third kappa shape index (κ3) is 2.46. The molecule has 5 rings (SSSR count). The van der Waals surface area contributed by atoms with E-state index in [1.54, 1.807) is 10.9 Å². The maximum Gasteiger partial charge on any atom is 0.329 e. The van der Waals surface area contributed by atoms with E-state index in [1.165, 1.54) is 12.0 Å². The van der Waals surface area contributed by atoms with Crippen LogP contribution in [0.3, 0.4) is 0 Å². The summed E-state index contributed by atoms with van der Waals surface area (Å²) in [6.45, 7) is 2.08. The highest BCUT2D eigenvalue weighted by molar-refractivity contribution is 5.86. The van der Waals surface area contributed by atoms with Gasteiger partial charge in [-0.3, -0.25) is 9.13 Å². The number of aryl methyl sites for hydroxylation is 2. The predicted octanol–water partition coefficient (Wildman–Crippen LogP) is 4.43. The van der Waals surface area contributed by atoms with Crippen LogP contribution in [0, 0.1) is 6.92 Å². The second kappa shape index (κ2) is 5.98. The Morgan fingerprint density at radius 2 is 1.93 bits per heavy atom. The van der Waals surface area contributed by atoms with Crippen molar-refractivity contribution >= 4 is 11.0 Å². The number of hydrogen-bond donors (Lipinski definition) is 1. The van der Waals surface area contributed by atoms with Crippen molar-refractivity contribution in [2.75, 3.05) is 0 Å². The van der Waals surface area contributed by atoms with Gasteiger partial charge in [0.25, 0.3) is 0 Å². The van der Waals surface area contributed by atoms with Crippen molar-refractivity contribution in [3.05, 3.63) is 64.8 Å². The summed E-state index contributed by atoms with van der Waals surface area (Å²) in [4.78, 5) is 20.6. The molecule has 1 aliphatic rings. The van der Waals surface area contributed by atoms with E-state index in [4.69, 9.17) is 0 Å². The van der Waals surface area contributed by atoms with Crippen LogP contribution in [0.1, 0.15) is 30.9 Å². The lowest BCUT2D eigenvalue weighted by atomic mass is 9.93. The third-order valence-corrected chi connectivity index (χ3v) is 5.75. The van der Waals surface area contributed by atoms with Crippen LogP contribution >= 0.6 is 0 Å². The van der Waals surface area contributed by atoms with E-state index in [2.05, 4.69) is 59.4 Å². The van der Waals surface area contributed by atoms with E-state index in [1.807, 2.05) is 11.6 Å². The topological polar surface area (TPSA) is 55.6 Å².